The standard InChI is InChI=1S/C16H17F2N3O4S2/c17-12-2-1-3-13(18)15(12)27(23,24)20-6-4-14(22)21-8-5-11(10-21)25-16-19-7-9-26-16/h1-3,7,9,11,20H,4-6,8,10H2. The third-order valence-corrected chi connectivity index (χ3v) is 6.17. The van der Waals surface area contributed by atoms with E-state index < -0.39 is 26.6 Å². The van der Waals surface area contributed by atoms with E-state index in [9.17, 15) is 22.0 Å². The van der Waals surface area contributed by atoms with Crippen molar-refractivity contribution < 1.29 is 26.7 Å². The highest BCUT2D eigenvalue weighted by molar-refractivity contribution is 7.89. The van der Waals surface area contributed by atoms with Gasteiger partial charge in [0.15, 0.2) is 4.90 Å². The lowest BCUT2D eigenvalue weighted by atomic mass is 10.3. The summed E-state index contributed by atoms with van der Waals surface area (Å²) >= 11 is 1.36. The molecule has 3 rings (SSSR count). The normalized spacial score (nSPS) is 17.3. The fourth-order valence-electron chi connectivity index (χ4n) is 2.72. The van der Waals surface area contributed by atoms with Gasteiger partial charge in [0.1, 0.15) is 17.7 Å². The van der Waals surface area contributed by atoms with Gasteiger partial charge < -0.3 is 9.64 Å². The van der Waals surface area contributed by atoms with Gasteiger partial charge in [0.25, 0.3) is 5.19 Å². The molecule has 1 aromatic carbocycles. The Balaban J connectivity index is 1.49. The van der Waals surface area contributed by atoms with Gasteiger partial charge in [-0.15, -0.1) is 0 Å². The Hall–Kier alpha value is -2.11. The van der Waals surface area contributed by atoms with E-state index in [1.807, 2.05) is 0 Å². The molecule has 1 unspecified atom stereocenters. The predicted molar refractivity (Wildman–Crippen MR) is 93.9 cm³/mol. The van der Waals surface area contributed by atoms with Crippen molar-refractivity contribution in [3.63, 3.8) is 0 Å². The summed E-state index contributed by atoms with van der Waals surface area (Å²) in [5.41, 5.74) is 0. The molecule has 1 N–H and O–H groups in total. The molecule has 1 amide bonds. The molecule has 0 bridgehead atoms. The number of sulfonamides is 1. The van der Waals surface area contributed by atoms with Gasteiger partial charge in [0, 0.05) is 37.5 Å². The minimum atomic E-state index is -4.39. The molecule has 0 saturated carbocycles. The van der Waals surface area contributed by atoms with Crippen LogP contribution in [0.15, 0.2) is 34.7 Å². The number of hydrogen-bond donors (Lipinski definition) is 1. The van der Waals surface area contributed by atoms with E-state index in [0.29, 0.717) is 24.7 Å². The van der Waals surface area contributed by atoms with Crippen molar-refractivity contribution in [3.05, 3.63) is 41.4 Å². The van der Waals surface area contributed by atoms with Crippen LogP contribution in [0.4, 0.5) is 8.78 Å². The van der Waals surface area contributed by atoms with Gasteiger partial charge in [-0.05, 0) is 12.1 Å². The van der Waals surface area contributed by atoms with Gasteiger partial charge in [0.05, 0.1) is 6.54 Å². The monoisotopic (exact) mass is 417 g/mol. The predicted octanol–water partition coefficient (Wildman–Crippen LogP) is 1.77. The van der Waals surface area contributed by atoms with E-state index in [1.54, 1.807) is 16.5 Å². The van der Waals surface area contributed by atoms with E-state index in [0.717, 1.165) is 18.2 Å². The average molecular weight is 417 g/mol. The smallest absolute Gasteiger partial charge is 0.273 e. The van der Waals surface area contributed by atoms with Gasteiger partial charge in [-0.25, -0.2) is 26.9 Å². The molecule has 146 valence electrons. The van der Waals surface area contributed by atoms with Gasteiger partial charge in [0.2, 0.25) is 15.9 Å². The van der Waals surface area contributed by atoms with Crippen LogP contribution >= 0.6 is 11.3 Å². The quantitative estimate of drug-likeness (QED) is 0.742. The molecule has 2 aromatic rings. The van der Waals surface area contributed by atoms with E-state index >= 15 is 0 Å². The van der Waals surface area contributed by atoms with E-state index in [2.05, 4.69) is 9.71 Å². The summed E-state index contributed by atoms with van der Waals surface area (Å²) in [4.78, 5) is 16.8. The van der Waals surface area contributed by atoms with Gasteiger partial charge in [-0.3, -0.25) is 4.79 Å². The molecule has 1 fully saturated rings. The van der Waals surface area contributed by atoms with Crippen molar-refractivity contribution in [2.24, 2.45) is 0 Å². The van der Waals surface area contributed by atoms with E-state index in [4.69, 9.17) is 4.74 Å². The summed E-state index contributed by atoms with van der Waals surface area (Å²) in [7, 11) is -4.39. The van der Waals surface area contributed by atoms with Crippen molar-refractivity contribution in [3.8, 4) is 5.19 Å². The van der Waals surface area contributed by atoms with Gasteiger partial charge >= 0.3 is 0 Å². The number of rotatable bonds is 7. The largest absolute Gasteiger partial charge is 0.465 e. The summed E-state index contributed by atoms with van der Waals surface area (Å²) in [6, 6.07) is 2.79. The average Bonchev–Trinajstić information content (AvgIpc) is 3.26. The Morgan fingerprint density at radius 2 is 2.11 bits per heavy atom. The summed E-state index contributed by atoms with van der Waals surface area (Å²) in [6.07, 6.45) is 1.99. The van der Waals surface area contributed by atoms with Crippen LogP contribution in [0.25, 0.3) is 0 Å². The minimum Gasteiger partial charge on any atom is -0.465 e. The summed E-state index contributed by atoms with van der Waals surface area (Å²) in [5.74, 6) is -2.64. The topological polar surface area (TPSA) is 88.6 Å². The maximum atomic E-state index is 13.6. The van der Waals surface area contributed by atoms with E-state index in [1.165, 1.54) is 11.3 Å². The SMILES string of the molecule is O=C(CCNS(=O)(=O)c1c(F)cccc1F)N1CCC(Oc2nccs2)C1. The van der Waals surface area contributed by atoms with Gasteiger partial charge in [-0.1, -0.05) is 17.4 Å². The Kier molecular flexibility index (Phi) is 6.02. The Morgan fingerprint density at radius 3 is 2.78 bits per heavy atom. The molecule has 0 spiro atoms. The lowest BCUT2D eigenvalue weighted by molar-refractivity contribution is -0.130. The number of likely N-dealkylation sites (tertiary alicyclic amines) is 1. The number of nitrogens with one attached hydrogen (secondary N) is 1. The Bertz CT molecular complexity index is 886. The van der Waals surface area contributed by atoms with Gasteiger partial charge in [-0.2, -0.15) is 0 Å². The molecule has 0 radical (unpaired) electrons. The summed E-state index contributed by atoms with van der Waals surface area (Å²) in [5, 5.41) is 2.33. The lowest BCUT2D eigenvalue weighted by Gasteiger charge is -2.16. The zero-order valence-electron chi connectivity index (χ0n) is 14.1. The van der Waals surface area contributed by atoms with Crippen molar-refractivity contribution in [2.45, 2.75) is 23.8 Å². The molecule has 7 nitrogen and oxygen atoms in total. The maximum absolute atomic E-state index is 13.6. The molecule has 1 aliphatic heterocycles. The van der Waals surface area contributed by atoms with Crippen molar-refractivity contribution in [1.29, 1.82) is 0 Å². The molecule has 1 atom stereocenters. The second-order valence-corrected chi connectivity index (χ2v) is 8.43. The molecule has 2 heterocycles. The molecule has 27 heavy (non-hydrogen) atoms. The first-order valence-corrected chi connectivity index (χ1v) is 10.5. The summed E-state index contributed by atoms with van der Waals surface area (Å²) in [6.45, 7) is 0.611. The fraction of sp³-hybridized carbons (Fsp3) is 0.375. The molecular weight excluding hydrogens is 400 g/mol. The van der Waals surface area contributed by atoms with Crippen LogP contribution in [0.5, 0.6) is 5.19 Å². The zero-order valence-corrected chi connectivity index (χ0v) is 15.7. The highest BCUT2D eigenvalue weighted by Gasteiger charge is 2.29. The van der Waals surface area contributed by atoms with Crippen molar-refractivity contribution in [2.75, 3.05) is 19.6 Å². The maximum Gasteiger partial charge on any atom is 0.273 e. The molecule has 1 aliphatic rings. The number of carbonyl (C=O) groups excluding carboxylic acids is 1. The molecular formula is C16H17F2N3O4S2. The molecule has 1 aromatic heterocycles. The first kappa shape index (κ1) is 19.6. The number of nitrogens with zero attached hydrogens (tertiary/aromatic N) is 2. The number of hydrogen-bond acceptors (Lipinski definition) is 6. The second-order valence-electron chi connectivity index (χ2n) is 5.86. The van der Waals surface area contributed by atoms with Crippen LogP contribution in [0.3, 0.4) is 0 Å². The third kappa shape index (κ3) is 4.79. The third-order valence-electron chi connectivity index (χ3n) is 3.99. The number of aromatic nitrogens is 1. The molecule has 11 heteroatoms. The minimum absolute atomic E-state index is 0.126. The zero-order chi connectivity index (χ0) is 19.4. The number of carbonyl (C=O) groups is 1. The lowest BCUT2D eigenvalue weighted by Crippen LogP contribution is -2.34. The molecule has 1 saturated heterocycles. The number of benzene rings is 1. The van der Waals surface area contributed by atoms with Crippen molar-refractivity contribution in [1.82, 2.24) is 14.6 Å². The Morgan fingerprint density at radius 1 is 1.37 bits per heavy atom. The fourth-order valence-corrected chi connectivity index (χ4v) is 4.44. The number of amides is 1. The van der Waals surface area contributed by atoms with Crippen LogP contribution in [-0.4, -0.2) is 49.9 Å². The first-order valence-electron chi connectivity index (χ1n) is 8.14. The summed E-state index contributed by atoms with van der Waals surface area (Å²) < 4.78 is 59.1. The van der Waals surface area contributed by atoms with Crippen LogP contribution < -0.4 is 9.46 Å². The molecule has 0 aliphatic carbocycles. The van der Waals surface area contributed by atoms with Crippen LogP contribution in [0.2, 0.25) is 0 Å². The van der Waals surface area contributed by atoms with Crippen LogP contribution in [-0.2, 0) is 14.8 Å². The van der Waals surface area contributed by atoms with Crippen LogP contribution in [0, 0.1) is 11.6 Å². The second kappa shape index (κ2) is 8.28. The number of ether oxygens (including phenoxy) is 1. The van der Waals surface area contributed by atoms with Crippen LogP contribution in [0.1, 0.15) is 12.8 Å². The van der Waals surface area contributed by atoms with Crippen molar-refractivity contribution >= 4 is 27.3 Å². The highest BCUT2D eigenvalue weighted by atomic mass is 32.2. The first-order chi connectivity index (χ1) is 12.9. The van der Waals surface area contributed by atoms with E-state index in [-0.39, 0.29) is 25.0 Å². The Labute approximate surface area is 159 Å². The highest BCUT2D eigenvalue weighted by Crippen LogP contribution is 2.21. The number of halogens is 2. The number of thiazole rings is 1.